The van der Waals surface area contributed by atoms with Crippen molar-refractivity contribution in [2.45, 2.75) is 25.7 Å². The lowest BCUT2D eigenvalue weighted by Crippen LogP contribution is -2.40. The Morgan fingerprint density at radius 2 is 1.84 bits per heavy atom. The van der Waals surface area contributed by atoms with Gasteiger partial charge in [0, 0.05) is 40.9 Å². The van der Waals surface area contributed by atoms with Gasteiger partial charge in [0.1, 0.15) is 0 Å². The molecule has 6 heteroatoms. The predicted molar refractivity (Wildman–Crippen MR) is 103 cm³/mol. The summed E-state index contributed by atoms with van der Waals surface area (Å²) >= 11 is 0. The predicted octanol–water partition coefficient (Wildman–Crippen LogP) is 2.57. The fourth-order valence-electron chi connectivity index (χ4n) is 2.57. The standard InChI is InChI=1S/C19H33N3O3/c1-20-19(21-12-7-6-8-14-23-3)22(2)13-11-16-9-10-17(24-4)18(15-16)25-5/h9-10,15H,6-8,11-14H2,1-5H3,(H,20,21). The van der Waals surface area contributed by atoms with Gasteiger partial charge in [0.15, 0.2) is 17.5 Å². The molecule has 0 amide bonds. The van der Waals surface area contributed by atoms with E-state index in [0.717, 1.165) is 62.8 Å². The van der Waals surface area contributed by atoms with Crippen LogP contribution in [0, 0.1) is 0 Å². The van der Waals surface area contributed by atoms with Gasteiger partial charge < -0.3 is 24.4 Å². The first kappa shape index (κ1) is 21.1. The Balaban J connectivity index is 2.42. The van der Waals surface area contributed by atoms with Crippen LogP contribution in [0.4, 0.5) is 0 Å². The summed E-state index contributed by atoms with van der Waals surface area (Å²) in [6.07, 6.45) is 4.29. The van der Waals surface area contributed by atoms with Crippen LogP contribution in [0.25, 0.3) is 0 Å². The summed E-state index contributed by atoms with van der Waals surface area (Å²) in [5.74, 6) is 2.44. The molecule has 0 bridgehead atoms. The lowest BCUT2D eigenvalue weighted by molar-refractivity contribution is 0.192. The van der Waals surface area contributed by atoms with Gasteiger partial charge in [-0.25, -0.2) is 0 Å². The Morgan fingerprint density at radius 1 is 1.08 bits per heavy atom. The number of methoxy groups -OCH3 is 3. The Kier molecular flexibility index (Phi) is 10.5. The third-order valence-corrected chi connectivity index (χ3v) is 4.07. The molecule has 0 aliphatic rings. The molecule has 0 spiro atoms. The minimum Gasteiger partial charge on any atom is -0.493 e. The van der Waals surface area contributed by atoms with E-state index in [0.29, 0.717) is 0 Å². The fourth-order valence-corrected chi connectivity index (χ4v) is 2.57. The lowest BCUT2D eigenvalue weighted by atomic mass is 10.1. The SMILES string of the molecule is CN=C(NCCCCCOC)N(C)CCc1ccc(OC)c(OC)c1. The van der Waals surface area contributed by atoms with Crippen molar-refractivity contribution < 1.29 is 14.2 Å². The number of nitrogens with one attached hydrogen (secondary N) is 1. The van der Waals surface area contributed by atoms with E-state index in [1.54, 1.807) is 21.3 Å². The van der Waals surface area contributed by atoms with E-state index >= 15 is 0 Å². The first-order chi connectivity index (χ1) is 12.2. The van der Waals surface area contributed by atoms with Gasteiger partial charge in [-0.3, -0.25) is 4.99 Å². The molecule has 25 heavy (non-hydrogen) atoms. The van der Waals surface area contributed by atoms with Crippen molar-refractivity contribution in [3.05, 3.63) is 23.8 Å². The fraction of sp³-hybridized carbons (Fsp3) is 0.632. The zero-order chi connectivity index (χ0) is 18.5. The third-order valence-electron chi connectivity index (χ3n) is 4.07. The van der Waals surface area contributed by atoms with E-state index in [9.17, 15) is 0 Å². The number of likely N-dealkylation sites (N-methyl/N-ethyl adjacent to an activating group) is 1. The van der Waals surface area contributed by atoms with Crippen molar-refractivity contribution in [1.29, 1.82) is 0 Å². The number of aliphatic imine (C=N–C) groups is 1. The zero-order valence-corrected chi connectivity index (χ0v) is 16.3. The van der Waals surface area contributed by atoms with E-state index in [2.05, 4.69) is 28.3 Å². The molecule has 0 fully saturated rings. The van der Waals surface area contributed by atoms with Crippen LogP contribution in [0.1, 0.15) is 24.8 Å². The van der Waals surface area contributed by atoms with Crippen LogP contribution in [-0.4, -0.2) is 66.0 Å². The topological polar surface area (TPSA) is 55.3 Å². The summed E-state index contributed by atoms with van der Waals surface area (Å²) in [6, 6.07) is 6.04. The first-order valence-electron chi connectivity index (χ1n) is 8.77. The number of benzene rings is 1. The monoisotopic (exact) mass is 351 g/mol. The van der Waals surface area contributed by atoms with Gasteiger partial charge >= 0.3 is 0 Å². The minimum absolute atomic E-state index is 0.755. The van der Waals surface area contributed by atoms with Gasteiger partial charge in [0.2, 0.25) is 0 Å². The largest absolute Gasteiger partial charge is 0.493 e. The Hall–Kier alpha value is -1.95. The maximum Gasteiger partial charge on any atom is 0.193 e. The summed E-state index contributed by atoms with van der Waals surface area (Å²) in [5, 5.41) is 3.41. The van der Waals surface area contributed by atoms with Crippen molar-refractivity contribution in [3.63, 3.8) is 0 Å². The smallest absolute Gasteiger partial charge is 0.193 e. The van der Waals surface area contributed by atoms with Crippen LogP contribution in [-0.2, 0) is 11.2 Å². The van der Waals surface area contributed by atoms with E-state index in [1.165, 1.54) is 5.56 Å². The zero-order valence-electron chi connectivity index (χ0n) is 16.3. The second-order valence-electron chi connectivity index (χ2n) is 5.89. The molecule has 0 aromatic heterocycles. The molecule has 1 aromatic rings. The van der Waals surface area contributed by atoms with Crippen LogP contribution >= 0.6 is 0 Å². The highest BCUT2D eigenvalue weighted by Gasteiger charge is 2.08. The molecule has 0 saturated heterocycles. The number of nitrogens with zero attached hydrogens (tertiary/aromatic N) is 2. The van der Waals surface area contributed by atoms with Crippen LogP contribution in [0.5, 0.6) is 11.5 Å². The molecule has 0 saturated carbocycles. The number of hydrogen-bond donors (Lipinski definition) is 1. The second kappa shape index (κ2) is 12.4. The summed E-state index contributed by atoms with van der Waals surface area (Å²) in [7, 11) is 8.93. The molecule has 0 heterocycles. The summed E-state index contributed by atoms with van der Waals surface area (Å²) in [5.41, 5.74) is 1.21. The summed E-state index contributed by atoms with van der Waals surface area (Å²) < 4.78 is 15.7. The van der Waals surface area contributed by atoms with Crippen molar-refractivity contribution in [2.24, 2.45) is 4.99 Å². The molecule has 6 nitrogen and oxygen atoms in total. The van der Waals surface area contributed by atoms with E-state index < -0.39 is 0 Å². The van der Waals surface area contributed by atoms with Gasteiger partial charge in [0.05, 0.1) is 14.2 Å². The number of ether oxygens (including phenoxy) is 3. The quantitative estimate of drug-likeness (QED) is 0.377. The van der Waals surface area contributed by atoms with E-state index in [1.807, 2.05) is 19.2 Å². The van der Waals surface area contributed by atoms with Gasteiger partial charge in [-0.2, -0.15) is 0 Å². The molecule has 0 aliphatic heterocycles. The average molecular weight is 351 g/mol. The Bertz CT molecular complexity index is 521. The van der Waals surface area contributed by atoms with Gasteiger partial charge in [-0.05, 0) is 43.4 Å². The Morgan fingerprint density at radius 3 is 2.48 bits per heavy atom. The third kappa shape index (κ3) is 7.65. The molecule has 142 valence electrons. The highest BCUT2D eigenvalue weighted by molar-refractivity contribution is 5.79. The average Bonchev–Trinajstić information content (AvgIpc) is 2.65. The van der Waals surface area contributed by atoms with Crippen molar-refractivity contribution in [3.8, 4) is 11.5 Å². The molecule has 0 unspecified atom stereocenters. The van der Waals surface area contributed by atoms with Crippen LogP contribution < -0.4 is 14.8 Å². The number of unbranched alkanes of at least 4 members (excludes halogenated alkanes) is 2. The maximum absolute atomic E-state index is 5.36. The normalized spacial score (nSPS) is 11.3. The minimum atomic E-state index is 0.755. The summed E-state index contributed by atoms with van der Waals surface area (Å²) in [6.45, 7) is 2.63. The Labute approximate surface area is 152 Å². The van der Waals surface area contributed by atoms with Crippen LogP contribution in [0.2, 0.25) is 0 Å². The number of hydrogen-bond acceptors (Lipinski definition) is 4. The number of rotatable bonds is 11. The van der Waals surface area contributed by atoms with Crippen LogP contribution in [0.15, 0.2) is 23.2 Å². The lowest BCUT2D eigenvalue weighted by Gasteiger charge is -2.22. The molecule has 1 aromatic carbocycles. The van der Waals surface area contributed by atoms with Crippen molar-refractivity contribution in [1.82, 2.24) is 10.2 Å². The van der Waals surface area contributed by atoms with E-state index in [4.69, 9.17) is 14.2 Å². The highest BCUT2D eigenvalue weighted by atomic mass is 16.5. The molecule has 0 atom stereocenters. The molecular weight excluding hydrogens is 318 g/mol. The van der Waals surface area contributed by atoms with Gasteiger partial charge in [-0.1, -0.05) is 6.07 Å². The maximum atomic E-state index is 5.36. The molecule has 1 N–H and O–H groups in total. The first-order valence-corrected chi connectivity index (χ1v) is 8.77. The van der Waals surface area contributed by atoms with Gasteiger partial charge in [-0.15, -0.1) is 0 Å². The van der Waals surface area contributed by atoms with Crippen molar-refractivity contribution in [2.75, 3.05) is 55.1 Å². The highest BCUT2D eigenvalue weighted by Crippen LogP contribution is 2.27. The molecule has 0 radical (unpaired) electrons. The van der Waals surface area contributed by atoms with E-state index in [-0.39, 0.29) is 0 Å². The molecule has 1 rings (SSSR count). The van der Waals surface area contributed by atoms with Crippen LogP contribution in [0.3, 0.4) is 0 Å². The molecular formula is C19H33N3O3. The summed E-state index contributed by atoms with van der Waals surface area (Å²) in [4.78, 5) is 6.50. The van der Waals surface area contributed by atoms with Crippen molar-refractivity contribution >= 4 is 5.96 Å². The molecule has 0 aliphatic carbocycles. The van der Waals surface area contributed by atoms with Gasteiger partial charge in [0.25, 0.3) is 0 Å². The second-order valence-corrected chi connectivity index (χ2v) is 5.89. The number of guanidine groups is 1.